The summed E-state index contributed by atoms with van der Waals surface area (Å²) in [5, 5.41) is 4.64. The molecule has 0 saturated carbocycles. The number of amides is 1. The molecule has 0 unspecified atom stereocenters. The molecule has 1 aromatic heterocycles. The number of aromatic nitrogens is 2. The van der Waals surface area contributed by atoms with Crippen LogP contribution in [-0.4, -0.2) is 15.7 Å². The lowest BCUT2D eigenvalue weighted by Crippen LogP contribution is -2.09. The van der Waals surface area contributed by atoms with E-state index in [-0.39, 0.29) is 0 Å². The van der Waals surface area contributed by atoms with Gasteiger partial charge in [0.1, 0.15) is 0 Å². The molecule has 2 aromatic rings. The summed E-state index contributed by atoms with van der Waals surface area (Å²) in [5.41, 5.74) is 12.8. The van der Waals surface area contributed by atoms with Crippen LogP contribution >= 0.6 is 11.6 Å². The van der Waals surface area contributed by atoms with E-state index < -0.39 is 5.91 Å². The Balaban J connectivity index is 2.51. The molecule has 0 spiro atoms. The average Bonchev–Trinajstić information content (AvgIpc) is 2.78. The molecule has 0 aliphatic rings. The van der Waals surface area contributed by atoms with Gasteiger partial charge in [-0.3, -0.25) is 4.79 Å². The molecule has 0 atom stereocenters. The minimum Gasteiger partial charge on any atom is -0.366 e. The van der Waals surface area contributed by atoms with Gasteiger partial charge in [0.05, 0.1) is 17.4 Å². The highest BCUT2D eigenvalue weighted by Gasteiger charge is 2.09. The summed E-state index contributed by atoms with van der Waals surface area (Å²) in [4.78, 5) is 11.0. The standard InChI is InChI=1S/C11H11ClN4O/c12-9-2-1-7(4-13)10(3-9)16-6-8(5-15-16)11(14)17/h1-3,5-6H,4,13H2,(H2,14,17). The lowest BCUT2D eigenvalue weighted by molar-refractivity contribution is 0.100. The zero-order chi connectivity index (χ0) is 12.4. The Morgan fingerprint density at radius 1 is 1.47 bits per heavy atom. The highest BCUT2D eigenvalue weighted by atomic mass is 35.5. The molecule has 2 rings (SSSR count). The number of primary amides is 1. The Bertz CT molecular complexity index is 564. The fourth-order valence-electron chi connectivity index (χ4n) is 1.50. The second-order valence-corrected chi connectivity index (χ2v) is 3.95. The van der Waals surface area contributed by atoms with Crippen LogP contribution < -0.4 is 11.5 Å². The number of hydrogen-bond acceptors (Lipinski definition) is 3. The number of carbonyl (C=O) groups excluding carboxylic acids is 1. The van der Waals surface area contributed by atoms with Crippen molar-refractivity contribution in [3.05, 3.63) is 46.7 Å². The van der Waals surface area contributed by atoms with Crippen LogP contribution in [0.2, 0.25) is 5.02 Å². The summed E-state index contributed by atoms with van der Waals surface area (Å²) < 4.78 is 1.54. The summed E-state index contributed by atoms with van der Waals surface area (Å²) in [6.45, 7) is 0.359. The molecule has 1 heterocycles. The molecule has 0 saturated heterocycles. The van der Waals surface area contributed by atoms with Crippen molar-refractivity contribution < 1.29 is 4.79 Å². The van der Waals surface area contributed by atoms with Crippen molar-refractivity contribution in [2.75, 3.05) is 0 Å². The molecule has 1 amide bonds. The van der Waals surface area contributed by atoms with Gasteiger partial charge < -0.3 is 11.5 Å². The zero-order valence-electron chi connectivity index (χ0n) is 8.93. The van der Waals surface area contributed by atoms with Gasteiger partial charge in [-0.05, 0) is 17.7 Å². The number of rotatable bonds is 3. The first-order chi connectivity index (χ1) is 8.11. The van der Waals surface area contributed by atoms with Crippen molar-refractivity contribution >= 4 is 17.5 Å². The average molecular weight is 251 g/mol. The van der Waals surface area contributed by atoms with Crippen LogP contribution in [0.15, 0.2) is 30.6 Å². The van der Waals surface area contributed by atoms with Gasteiger partial charge in [-0.15, -0.1) is 0 Å². The fourth-order valence-corrected chi connectivity index (χ4v) is 1.67. The van der Waals surface area contributed by atoms with E-state index in [1.165, 1.54) is 10.9 Å². The smallest absolute Gasteiger partial charge is 0.251 e. The molecule has 0 aliphatic carbocycles. The number of benzene rings is 1. The van der Waals surface area contributed by atoms with Crippen molar-refractivity contribution in [2.24, 2.45) is 11.5 Å². The van der Waals surface area contributed by atoms with E-state index in [1.807, 2.05) is 6.07 Å². The summed E-state index contributed by atoms with van der Waals surface area (Å²) >= 11 is 5.92. The maximum Gasteiger partial charge on any atom is 0.251 e. The molecule has 17 heavy (non-hydrogen) atoms. The fraction of sp³-hybridized carbons (Fsp3) is 0.0909. The quantitative estimate of drug-likeness (QED) is 0.855. The normalized spacial score (nSPS) is 10.5. The van der Waals surface area contributed by atoms with Gasteiger partial charge in [0.2, 0.25) is 0 Å². The van der Waals surface area contributed by atoms with Crippen LogP contribution in [0.25, 0.3) is 5.69 Å². The zero-order valence-corrected chi connectivity index (χ0v) is 9.69. The minimum absolute atomic E-state index is 0.341. The van der Waals surface area contributed by atoms with Crippen LogP contribution in [0.3, 0.4) is 0 Å². The first-order valence-electron chi connectivity index (χ1n) is 4.95. The predicted molar refractivity (Wildman–Crippen MR) is 65.0 cm³/mol. The molecule has 1 aromatic carbocycles. The van der Waals surface area contributed by atoms with Gasteiger partial charge in [-0.1, -0.05) is 17.7 Å². The van der Waals surface area contributed by atoms with Crippen molar-refractivity contribution in [2.45, 2.75) is 6.54 Å². The monoisotopic (exact) mass is 250 g/mol. The van der Waals surface area contributed by atoms with Gasteiger partial charge in [-0.2, -0.15) is 5.10 Å². The van der Waals surface area contributed by atoms with Gasteiger partial charge in [0, 0.05) is 17.8 Å². The maximum atomic E-state index is 11.0. The van der Waals surface area contributed by atoms with E-state index in [2.05, 4.69) is 5.10 Å². The molecule has 4 N–H and O–H groups in total. The lowest BCUT2D eigenvalue weighted by Gasteiger charge is -2.07. The van der Waals surface area contributed by atoms with E-state index >= 15 is 0 Å². The molecular formula is C11H11ClN4O. The number of halogens is 1. The number of nitrogens with two attached hydrogens (primary N) is 2. The third-order valence-corrected chi connectivity index (χ3v) is 2.62. The summed E-state index contributed by atoms with van der Waals surface area (Å²) in [7, 11) is 0. The largest absolute Gasteiger partial charge is 0.366 e. The molecule has 0 aliphatic heterocycles. The number of carbonyl (C=O) groups is 1. The van der Waals surface area contributed by atoms with E-state index in [4.69, 9.17) is 23.1 Å². The first kappa shape index (κ1) is 11.6. The van der Waals surface area contributed by atoms with Gasteiger partial charge >= 0.3 is 0 Å². The Labute approximate surface area is 103 Å². The Morgan fingerprint density at radius 2 is 2.24 bits per heavy atom. The summed E-state index contributed by atoms with van der Waals surface area (Å²) in [6.07, 6.45) is 2.96. The van der Waals surface area contributed by atoms with Crippen molar-refractivity contribution in [1.82, 2.24) is 9.78 Å². The highest BCUT2D eigenvalue weighted by molar-refractivity contribution is 6.30. The molecular weight excluding hydrogens is 240 g/mol. The molecule has 0 radical (unpaired) electrons. The number of hydrogen-bond donors (Lipinski definition) is 2. The third-order valence-electron chi connectivity index (χ3n) is 2.38. The molecule has 5 nitrogen and oxygen atoms in total. The third kappa shape index (κ3) is 2.30. The summed E-state index contributed by atoms with van der Waals surface area (Å²) in [5.74, 6) is -0.521. The van der Waals surface area contributed by atoms with Crippen molar-refractivity contribution in [3.8, 4) is 5.69 Å². The van der Waals surface area contributed by atoms with E-state index in [0.29, 0.717) is 17.1 Å². The molecule has 0 bridgehead atoms. The Hall–Kier alpha value is -1.85. The number of nitrogens with zero attached hydrogens (tertiary/aromatic N) is 2. The van der Waals surface area contributed by atoms with Gasteiger partial charge in [-0.25, -0.2) is 4.68 Å². The highest BCUT2D eigenvalue weighted by Crippen LogP contribution is 2.19. The molecule has 0 fully saturated rings. The van der Waals surface area contributed by atoms with Crippen molar-refractivity contribution in [3.63, 3.8) is 0 Å². The maximum absolute atomic E-state index is 11.0. The Kier molecular flexibility index (Phi) is 3.12. The SMILES string of the molecule is NCc1ccc(Cl)cc1-n1cc(C(N)=O)cn1. The van der Waals surface area contributed by atoms with Crippen LogP contribution in [0.5, 0.6) is 0 Å². The van der Waals surface area contributed by atoms with Crippen LogP contribution in [0, 0.1) is 0 Å². The van der Waals surface area contributed by atoms with E-state index in [1.54, 1.807) is 18.3 Å². The van der Waals surface area contributed by atoms with Crippen LogP contribution in [0.1, 0.15) is 15.9 Å². The van der Waals surface area contributed by atoms with E-state index in [9.17, 15) is 4.79 Å². The van der Waals surface area contributed by atoms with Crippen LogP contribution in [-0.2, 0) is 6.54 Å². The lowest BCUT2D eigenvalue weighted by atomic mass is 10.2. The predicted octanol–water partition coefficient (Wildman–Crippen LogP) is 1.08. The molecule has 88 valence electrons. The van der Waals surface area contributed by atoms with Gasteiger partial charge in [0.25, 0.3) is 5.91 Å². The minimum atomic E-state index is -0.521. The topological polar surface area (TPSA) is 86.9 Å². The van der Waals surface area contributed by atoms with Crippen LogP contribution in [0.4, 0.5) is 0 Å². The molecule has 6 heteroatoms. The first-order valence-corrected chi connectivity index (χ1v) is 5.33. The Morgan fingerprint density at radius 3 is 2.82 bits per heavy atom. The van der Waals surface area contributed by atoms with E-state index in [0.717, 1.165) is 11.3 Å². The van der Waals surface area contributed by atoms with Crippen molar-refractivity contribution in [1.29, 1.82) is 0 Å². The van der Waals surface area contributed by atoms with Gasteiger partial charge in [0.15, 0.2) is 0 Å². The summed E-state index contributed by atoms with van der Waals surface area (Å²) in [6, 6.07) is 5.32. The second kappa shape index (κ2) is 4.57. The second-order valence-electron chi connectivity index (χ2n) is 3.51.